The molecule has 0 amide bonds. The van der Waals surface area contributed by atoms with Crippen molar-refractivity contribution < 1.29 is 41.8 Å². The van der Waals surface area contributed by atoms with Crippen LogP contribution in [0.5, 0.6) is 5.75 Å². The number of nitrogens with two attached hydrogens (primary N) is 1. The lowest BCUT2D eigenvalue weighted by Crippen LogP contribution is -2.58. The van der Waals surface area contributed by atoms with Gasteiger partial charge >= 0.3 is 19.4 Å². The standard InChI is InChI=1S/C22H29F2N4O9P/c1-12(2)35-19(31)13(3)27-38(33,37-14-7-5-4-6-8-14)34-10-16-17(29)22(25,11-23)20(36-16)28-9-15(24)18(30)26-21(28)32/h4-9,12-13,16-17,20,29H,10-11,25H2,1-3H3,(H,27,33)(H,26,30,32)/t13-,16+,17?,20+,22+,38?/m0/s1. The fourth-order valence-electron chi connectivity index (χ4n) is 3.60. The Bertz CT molecular complexity index is 1290. The number of benzene rings is 1. The van der Waals surface area contributed by atoms with E-state index in [0.717, 1.165) is 0 Å². The van der Waals surface area contributed by atoms with Crippen LogP contribution in [0.1, 0.15) is 27.0 Å². The van der Waals surface area contributed by atoms with E-state index >= 15 is 0 Å². The summed E-state index contributed by atoms with van der Waals surface area (Å²) in [5.41, 5.74) is 1.23. The maximum atomic E-state index is 14.1. The number of nitrogens with one attached hydrogen (secondary N) is 2. The van der Waals surface area contributed by atoms with Gasteiger partial charge in [0.2, 0.25) is 5.82 Å². The second kappa shape index (κ2) is 11.8. The molecule has 2 unspecified atom stereocenters. The van der Waals surface area contributed by atoms with E-state index in [0.29, 0.717) is 10.8 Å². The van der Waals surface area contributed by atoms with Crippen LogP contribution < -0.4 is 26.6 Å². The van der Waals surface area contributed by atoms with Gasteiger partial charge in [-0.2, -0.15) is 9.48 Å². The molecule has 0 saturated carbocycles. The summed E-state index contributed by atoms with van der Waals surface area (Å²) in [6.07, 6.45) is -5.13. The molecule has 0 radical (unpaired) electrons. The number of carbonyl (C=O) groups excluding carboxylic acids is 1. The normalized spacial score (nSPS) is 25.6. The number of aliphatic hydroxyl groups is 1. The van der Waals surface area contributed by atoms with Gasteiger partial charge in [-0.1, -0.05) is 18.2 Å². The molecule has 5 N–H and O–H groups in total. The first kappa shape index (κ1) is 29.6. The van der Waals surface area contributed by atoms with Crippen molar-refractivity contribution in [3.05, 3.63) is 63.2 Å². The van der Waals surface area contributed by atoms with E-state index in [1.54, 1.807) is 37.0 Å². The lowest BCUT2D eigenvalue weighted by molar-refractivity contribution is -0.149. The average Bonchev–Trinajstić information content (AvgIpc) is 3.10. The molecular formula is C22H29F2N4O9P. The molecule has 1 fully saturated rings. The van der Waals surface area contributed by atoms with Gasteiger partial charge in [0.05, 0.1) is 18.9 Å². The number of aliphatic hydroxyl groups excluding tert-OH is 1. The van der Waals surface area contributed by atoms with Crippen molar-refractivity contribution in [2.45, 2.75) is 56.9 Å². The van der Waals surface area contributed by atoms with Gasteiger partial charge in [-0.3, -0.25) is 23.7 Å². The lowest BCUT2D eigenvalue weighted by Gasteiger charge is -2.30. The van der Waals surface area contributed by atoms with Crippen molar-refractivity contribution >= 4 is 13.7 Å². The van der Waals surface area contributed by atoms with Crippen molar-refractivity contribution in [2.75, 3.05) is 13.3 Å². The van der Waals surface area contributed by atoms with Crippen LogP contribution in [0.3, 0.4) is 0 Å². The third-order valence-corrected chi connectivity index (χ3v) is 7.15. The summed E-state index contributed by atoms with van der Waals surface area (Å²) < 4.78 is 63.6. The van der Waals surface area contributed by atoms with E-state index in [9.17, 15) is 32.8 Å². The third-order valence-electron chi connectivity index (χ3n) is 5.51. The largest absolute Gasteiger partial charge is 0.462 e. The Hall–Kier alpha value is -2.94. The molecule has 16 heteroatoms. The molecule has 1 saturated heterocycles. The van der Waals surface area contributed by atoms with E-state index in [2.05, 4.69) is 5.09 Å². The van der Waals surface area contributed by atoms with Gasteiger partial charge in [0.25, 0.3) is 5.56 Å². The van der Waals surface area contributed by atoms with Crippen LogP contribution in [0.15, 0.2) is 46.1 Å². The number of hydrogen-bond donors (Lipinski definition) is 4. The van der Waals surface area contributed by atoms with Crippen LogP contribution in [0.2, 0.25) is 0 Å². The first-order valence-corrected chi connectivity index (χ1v) is 13.0. The summed E-state index contributed by atoms with van der Waals surface area (Å²) in [7, 11) is -4.39. The molecular weight excluding hydrogens is 533 g/mol. The van der Waals surface area contributed by atoms with Crippen molar-refractivity contribution in [3.8, 4) is 5.75 Å². The summed E-state index contributed by atoms with van der Waals surface area (Å²) in [5.74, 6) is -2.03. The molecule has 1 aliphatic rings. The number of nitrogens with zero attached hydrogens (tertiary/aromatic N) is 1. The number of carbonyl (C=O) groups is 1. The molecule has 3 rings (SSSR count). The van der Waals surface area contributed by atoms with Crippen LogP contribution >= 0.6 is 7.75 Å². The van der Waals surface area contributed by atoms with Crippen LogP contribution in [0.4, 0.5) is 8.78 Å². The SMILES string of the molecule is CC(C)OC(=O)[C@H](C)NP(=O)(OC[C@H]1O[C@@H](n2cc(F)c(=O)[nH]c2=O)[C@@](N)(CF)C1O)Oc1ccccc1. The first-order chi connectivity index (χ1) is 17.8. The van der Waals surface area contributed by atoms with Gasteiger partial charge in [-0.15, -0.1) is 0 Å². The second-order valence-electron chi connectivity index (χ2n) is 8.90. The first-order valence-electron chi connectivity index (χ1n) is 11.5. The molecule has 6 atom stereocenters. The Morgan fingerprint density at radius 3 is 2.58 bits per heavy atom. The summed E-state index contributed by atoms with van der Waals surface area (Å²) >= 11 is 0. The topological polar surface area (TPSA) is 184 Å². The molecule has 13 nitrogen and oxygen atoms in total. The monoisotopic (exact) mass is 562 g/mol. The maximum absolute atomic E-state index is 14.1. The van der Waals surface area contributed by atoms with Gasteiger partial charge in [-0.25, -0.2) is 13.8 Å². The van der Waals surface area contributed by atoms with Crippen LogP contribution in [-0.4, -0.2) is 63.8 Å². The van der Waals surface area contributed by atoms with E-state index in [-0.39, 0.29) is 5.75 Å². The zero-order valence-corrected chi connectivity index (χ0v) is 21.6. The van der Waals surface area contributed by atoms with Gasteiger partial charge in [0, 0.05) is 0 Å². The molecule has 1 aromatic heterocycles. The molecule has 1 aliphatic heterocycles. The minimum absolute atomic E-state index is 0.103. The number of H-pyrrole nitrogens is 1. The molecule has 1 aromatic carbocycles. The molecule has 2 aromatic rings. The molecule has 38 heavy (non-hydrogen) atoms. The molecule has 2 heterocycles. The lowest BCUT2D eigenvalue weighted by atomic mass is 9.92. The predicted octanol–water partition coefficient (Wildman–Crippen LogP) is 0.734. The number of hydrogen-bond acceptors (Lipinski definition) is 10. The number of ether oxygens (including phenoxy) is 2. The van der Waals surface area contributed by atoms with Crippen molar-refractivity contribution in [2.24, 2.45) is 5.73 Å². The number of halogens is 2. The quantitative estimate of drug-likeness (QED) is 0.224. The number of rotatable bonds is 11. The fraction of sp³-hybridized carbons (Fsp3) is 0.500. The van der Waals surface area contributed by atoms with Gasteiger partial charge in [0.15, 0.2) is 6.23 Å². The summed E-state index contributed by atoms with van der Waals surface area (Å²) in [4.78, 5) is 37.6. The van der Waals surface area contributed by atoms with E-state index in [1.807, 2.05) is 0 Å². The number of esters is 1. The Morgan fingerprint density at radius 1 is 1.32 bits per heavy atom. The maximum Gasteiger partial charge on any atom is 0.459 e. The Balaban J connectivity index is 1.85. The van der Waals surface area contributed by atoms with Gasteiger partial charge in [-0.05, 0) is 32.9 Å². The van der Waals surface area contributed by atoms with E-state index in [4.69, 9.17) is 24.3 Å². The van der Waals surface area contributed by atoms with Crippen molar-refractivity contribution in [1.29, 1.82) is 0 Å². The zero-order valence-electron chi connectivity index (χ0n) is 20.7. The zero-order chi connectivity index (χ0) is 28.3. The highest BCUT2D eigenvalue weighted by atomic mass is 31.2. The van der Waals surface area contributed by atoms with Crippen LogP contribution in [-0.2, 0) is 23.4 Å². The Morgan fingerprint density at radius 2 is 1.97 bits per heavy atom. The number of para-hydroxylation sites is 1. The van der Waals surface area contributed by atoms with E-state index in [1.165, 1.54) is 19.1 Å². The number of alkyl halides is 1. The van der Waals surface area contributed by atoms with E-state index < -0.39 is 80.2 Å². The predicted molar refractivity (Wildman–Crippen MR) is 129 cm³/mol. The average molecular weight is 562 g/mol. The number of aromatic nitrogens is 2. The van der Waals surface area contributed by atoms with Crippen molar-refractivity contribution in [3.63, 3.8) is 0 Å². The minimum atomic E-state index is -4.39. The summed E-state index contributed by atoms with van der Waals surface area (Å²) in [5, 5.41) is 13.2. The minimum Gasteiger partial charge on any atom is -0.462 e. The summed E-state index contributed by atoms with van der Waals surface area (Å²) in [6.45, 7) is 2.44. The number of aromatic amines is 1. The van der Waals surface area contributed by atoms with Gasteiger partial charge in [0.1, 0.15) is 36.2 Å². The second-order valence-corrected chi connectivity index (χ2v) is 10.6. The fourth-order valence-corrected chi connectivity index (χ4v) is 5.10. The van der Waals surface area contributed by atoms with Crippen molar-refractivity contribution in [1.82, 2.24) is 14.6 Å². The highest BCUT2D eigenvalue weighted by molar-refractivity contribution is 7.52. The smallest absolute Gasteiger partial charge is 0.459 e. The Kier molecular flexibility index (Phi) is 9.23. The Labute approximate surface area is 215 Å². The molecule has 0 aliphatic carbocycles. The molecule has 0 bridgehead atoms. The van der Waals surface area contributed by atoms with Crippen LogP contribution in [0.25, 0.3) is 0 Å². The highest BCUT2D eigenvalue weighted by Crippen LogP contribution is 2.46. The molecule has 0 spiro atoms. The van der Waals surface area contributed by atoms with Crippen LogP contribution in [0, 0.1) is 5.82 Å². The van der Waals surface area contributed by atoms with Gasteiger partial charge < -0.3 is 24.8 Å². The molecule has 210 valence electrons. The summed E-state index contributed by atoms with van der Waals surface area (Å²) in [6, 6.07) is 6.63. The highest BCUT2D eigenvalue weighted by Gasteiger charge is 2.56. The third kappa shape index (κ3) is 6.54.